The van der Waals surface area contributed by atoms with Gasteiger partial charge in [-0.2, -0.15) is 0 Å². The van der Waals surface area contributed by atoms with Crippen LogP contribution in [-0.2, 0) is 14.2 Å². The average Bonchev–Trinajstić information content (AvgIpc) is 2.21. The largest absolute Gasteiger partial charge is 0.394 e. The molecule has 14 heavy (non-hydrogen) atoms. The third-order valence-corrected chi connectivity index (χ3v) is 2.40. The fourth-order valence-corrected chi connectivity index (χ4v) is 1.59. The van der Waals surface area contributed by atoms with Crippen LogP contribution in [0.3, 0.4) is 0 Å². The van der Waals surface area contributed by atoms with Gasteiger partial charge in [0, 0.05) is 14.2 Å². The fraction of sp³-hybridized carbons (Fsp3) is 1.00. The van der Waals surface area contributed by atoms with Crippen molar-refractivity contribution >= 4 is 0 Å². The number of ether oxygens (including phenoxy) is 3. The molecule has 1 aliphatic heterocycles. The second-order valence-electron chi connectivity index (χ2n) is 3.23. The van der Waals surface area contributed by atoms with E-state index >= 15 is 0 Å². The molecule has 6 nitrogen and oxygen atoms in total. The highest BCUT2D eigenvalue weighted by molar-refractivity contribution is 4.92. The smallest absolute Gasteiger partial charge is 0.175 e. The number of hydrogen-bond donors (Lipinski definition) is 3. The number of rotatable bonds is 3. The summed E-state index contributed by atoms with van der Waals surface area (Å²) in [6.07, 6.45) is -2.86. The summed E-state index contributed by atoms with van der Waals surface area (Å²) in [5.41, 5.74) is 5.65. The topological polar surface area (TPSA) is 94.2 Å². The molecule has 3 unspecified atom stereocenters. The van der Waals surface area contributed by atoms with Gasteiger partial charge in [0.2, 0.25) is 0 Å². The fourth-order valence-electron chi connectivity index (χ4n) is 1.59. The van der Waals surface area contributed by atoms with Crippen LogP contribution in [0.1, 0.15) is 0 Å². The maximum absolute atomic E-state index is 9.72. The molecule has 4 N–H and O–H groups in total. The Labute approximate surface area is 82.6 Å². The monoisotopic (exact) mass is 207 g/mol. The van der Waals surface area contributed by atoms with Gasteiger partial charge in [-0.15, -0.1) is 0 Å². The first-order valence-corrected chi connectivity index (χ1v) is 4.41. The van der Waals surface area contributed by atoms with Crippen LogP contribution in [0.4, 0.5) is 0 Å². The van der Waals surface area contributed by atoms with Crippen molar-refractivity contribution in [3.8, 4) is 0 Å². The highest BCUT2D eigenvalue weighted by Crippen LogP contribution is 2.21. The minimum absolute atomic E-state index is 0.248. The first-order chi connectivity index (χ1) is 6.65. The molecule has 1 heterocycles. The van der Waals surface area contributed by atoms with Crippen LogP contribution in [0.25, 0.3) is 0 Å². The van der Waals surface area contributed by atoms with E-state index in [4.69, 9.17) is 25.1 Å². The lowest BCUT2D eigenvalue weighted by Crippen LogP contribution is -2.62. The van der Waals surface area contributed by atoms with Crippen molar-refractivity contribution in [1.82, 2.24) is 0 Å². The first-order valence-electron chi connectivity index (χ1n) is 4.41. The van der Waals surface area contributed by atoms with Gasteiger partial charge in [-0.3, -0.25) is 0 Å². The minimum atomic E-state index is -0.907. The lowest BCUT2D eigenvalue weighted by Gasteiger charge is -2.41. The van der Waals surface area contributed by atoms with E-state index in [-0.39, 0.29) is 6.61 Å². The van der Waals surface area contributed by atoms with E-state index < -0.39 is 30.6 Å². The van der Waals surface area contributed by atoms with Crippen LogP contribution in [-0.4, -0.2) is 61.7 Å². The van der Waals surface area contributed by atoms with Crippen molar-refractivity contribution in [2.75, 3.05) is 20.8 Å². The first kappa shape index (κ1) is 11.8. The second kappa shape index (κ2) is 5.01. The Morgan fingerprint density at radius 3 is 2.43 bits per heavy atom. The third kappa shape index (κ3) is 2.05. The van der Waals surface area contributed by atoms with Gasteiger partial charge in [-0.05, 0) is 0 Å². The van der Waals surface area contributed by atoms with Crippen molar-refractivity contribution in [3.05, 3.63) is 0 Å². The van der Waals surface area contributed by atoms with E-state index in [0.717, 1.165) is 0 Å². The van der Waals surface area contributed by atoms with Gasteiger partial charge in [0.15, 0.2) is 6.29 Å². The van der Waals surface area contributed by atoms with E-state index in [1.54, 1.807) is 0 Å². The molecule has 0 aromatic carbocycles. The second-order valence-corrected chi connectivity index (χ2v) is 3.23. The SMILES string of the molecule is COC1OC(CO)C(OC)[C@@H](O)[C@@H]1N. The Bertz CT molecular complexity index is 177. The predicted octanol–water partition coefficient (Wildman–Crippen LogP) is -1.95. The molecule has 0 aliphatic carbocycles. The maximum atomic E-state index is 9.72. The van der Waals surface area contributed by atoms with Crippen molar-refractivity contribution in [2.24, 2.45) is 5.73 Å². The van der Waals surface area contributed by atoms with Crippen molar-refractivity contribution < 1.29 is 24.4 Å². The molecule has 84 valence electrons. The van der Waals surface area contributed by atoms with Crippen molar-refractivity contribution in [1.29, 1.82) is 0 Å². The molecule has 1 aliphatic rings. The van der Waals surface area contributed by atoms with E-state index in [1.165, 1.54) is 14.2 Å². The van der Waals surface area contributed by atoms with Crippen LogP contribution in [0, 0.1) is 0 Å². The van der Waals surface area contributed by atoms with Crippen molar-refractivity contribution in [2.45, 2.75) is 30.6 Å². The van der Waals surface area contributed by atoms with Gasteiger partial charge in [-0.1, -0.05) is 0 Å². The molecule has 6 heteroatoms. The van der Waals surface area contributed by atoms with Crippen LogP contribution < -0.4 is 5.73 Å². The summed E-state index contributed by atoms with van der Waals surface area (Å²) in [4.78, 5) is 0. The zero-order valence-electron chi connectivity index (χ0n) is 8.29. The third-order valence-electron chi connectivity index (χ3n) is 2.40. The van der Waals surface area contributed by atoms with Crippen LogP contribution in [0.2, 0.25) is 0 Å². The molecule has 0 aromatic rings. The Morgan fingerprint density at radius 2 is 2.00 bits per heavy atom. The summed E-state index contributed by atoms with van der Waals surface area (Å²) in [7, 11) is 2.86. The van der Waals surface area contributed by atoms with Crippen LogP contribution in [0.15, 0.2) is 0 Å². The number of methoxy groups -OCH3 is 2. The van der Waals surface area contributed by atoms with Gasteiger partial charge in [-0.25, -0.2) is 0 Å². The Kier molecular flexibility index (Phi) is 4.24. The summed E-state index contributed by atoms with van der Waals surface area (Å²) >= 11 is 0. The Morgan fingerprint density at radius 1 is 1.36 bits per heavy atom. The molecular weight excluding hydrogens is 190 g/mol. The minimum Gasteiger partial charge on any atom is -0.394 e. The summed E-state index contributed by atoms with van der Waals surface area (Å²) < 4.78 is 15.2. The molecule has 1 fully saturated rings. The quantitative estimate of drug-likeness (QED) is 0.498. The Hall–Kier alpha value is -0.240. The molecule has 0 saturated carbocycles. The zero-order valence-corrected chi connectivity index (χ0v) is 8.29. The predicted molar refractivity (Wildman–Crippen MR) is 47.5 cm³/mol. The molecule has 0 spiro atoms. The molecule has 0 amide bonds. The van der Waals surface area contributed by atoms with E-state index in [0.29, 0.717) is 0 Å². The number of hydrogen-bond acceptors (Lipinski definition) is 6. The summed E-state index contributed by atoms with van der Waals surface area (Å²) in [5, 5.41) is 18.7. The zero-order chi connectivity index (χ0) is 10.7. The summed E-state index contributed by atoms with van der Waals surface area (Å²) in [6, 6.07) is -0.673. The highest BCUT2D eigenvalue weighted by atomic mass is 16.7. The highest BCUT2D eigenvalue weighted by Gasteiger charge is 2.43. The normalized spacial score (nSPS) is 43.9. The molecule has 0 bridgehead atoms. The lowest BCUT2D eigenvalue weighted by atomic mass is 9.97. The van der Waals surface area contributed by atoms with Gasteiger partial charge in [0.1, 0.15) is 18.3 Å². The molecule has 0 aromatic heterocycles. The van der Waals surface area contributed by atoms with E-state index in [9.17, 15) is 5.11 Å². The van der Waals surface area contributed by atoms with Crippen molar-refractivity contribution in [3.63, 3.8) is 0 Å². The Balaban J connectivity index is 2.71. The molecule has 5 atom stereocenters. The summed E-state index contributed by atoms with van der Waals surface area (Å²) in [6.45, 7) is -0.248. The number of aliphatic hydroxyl groups excluding tert-OH is 2. The van der Waals surface area contributed by atoms with E-state index in [2.05, 4.69) is 0 Å². The van der Waals surface area contributed by atoms with Gasteiger partial charge in [0.05, 0.1) is 12.6 Å². The molecule has 1 saturated heterocycles. The molecular formula is C8H17NO5. The molecule has 0 radical (unpaired) electrons. The maximum Gasteiger partial charge on any atom is 0.175 e. The summed E-state index contributed by atoms with van der Waals surface area (Å²) in [5.74, 6) is 0. The van der Waals surface area contributed by atoms with Gasteiger partial charge in [0.25, 0.3) is 0 Å². The average molecular weight is 207 g/mol. The van der Waals surface area contributed by atoms with Gasteiger partial charge < -0.3 is 30.2 Å². The standard InChI is InChI=1S/C8H17NO5/c1-12-7-4(3-10)14-8(13-2)5(9)6(7)11/h4-8,10-11H,3,9H2,1-2H3/t4?,5-,6-,7?,8?/m0/s1. The molecule has 1 rings (SSSR count). The lowest BCUT2D eigenvalue weighted by molar-refractivity contribution is -0.262. The number of aliphatic hydroxyl groups is 2. The van der Waals surface area contributed by atoms with E-state index in [1.807, 2.05) is 0 Å². The number of nitrogens with two attached hydrogens (primary N) is 1. The van der Waals surface area contributed by atoms with Crippen LogP contribution in [0.5, 0.6) is 0 Å². The van der Waals surface area contributed by atoms with Crippen LogP contribution >= 0.6 is 0 Å². The van der Waals surface area contributed by atoms with Gasteiger partial charge >= 0.3 is 0 Å².